The number of nitrogens with zero attached hydrogens (tertiary/aromatic N) is 2. The third-order valence-corrected chi connectivity index (χ3v) is 10.4. The fourth-order valence-electron chi connectivity index (χ4n) is 7.42. The van der Waals surface area contributed by atoms with Crippen LogP contribution in [0.4, 0.5) is 0 Å². The van der Waals surface area contributed by atoms with E-state index < -0.39 is 77.0 Å². The summed E-state index contributed by atoms with van der Waals surface area (Å²) in [6.45, 7) is 6.13. The number of benzene rings is 1. The second kappa shape index (κ2) is 15.1. The molecule has 5 rings (SSSR count). The van der Waals surface area contributed by atoms with Crippen LogP contribution in [0.5, 0.6) is 0 Å². The van der Waals surface area contributed by atoms with Crippen LogP contribution >= 0.6 is 0 Å². The summed E-state index contributed by atoms with van der Waals surface area (Å²) in [4.78, 5) is 90.7. The van der Waals surface area contributed by atoms with Gasteiger partial charge in [0.1, 0.15) is 13.5 Å². The van der Waals surface area contributed by atoms with Gasteiger partial charge in [-0.25, -0.2) is 0 Å². The van der Waals surface area contributed by atoms with Crippen molar-refractivity contribution in [3.8, 4) is 0 Å². The number of hydrogen-bond donors (Lipinski definition) is 4. The molecule has 0 saturated carbocycles. The van der Waals surface area contributed by atoms with Crippen molar-refractivity contribution in [2.45, 2.75) is 121 Å². The van der Waals surface area contributed by atoms with E-state index in [4.69, 9.17) is 1.41 Å². The lowest BCUT2D eigenvalue weighted by molar-refractivity contribution is -0.171. The van der Waals surface area contributed by atoms with Gasteiger partial charge < -0.3 is 26.2 Å². The zero-order valence-electron chi connectivity index (χ0n) is 28.8. The summed E-state index contributed by atoms with van der Waals surface area (Å²) in [6, 6.07) is 3.62. The summed E-state index contributed by atoms with van der Waals surface area (Å²) in [7, 11) is 0. The van der Waals surface area contributed by atoms with Crippen LogP contribution in [0.15, 0.2) is 30.3 Å². The normalized spacial score (nSPS) is 31.9. The van der Waals surface area contributed by atoms with Crippen LogP contribution in [0.3, 0.4) is 0 Å². The Labute approximate surface area is 278 Å². The monoisotopic (exact) mass is 651 g/mol. The first-order valence-electron chi connectivity index (χ1n) is 17.8. The van der Waals surface area contributed by atoms with Gasteiger partial charge in [0.05, 0.1) is 18.1 Å². The lowest BCUT2D eigenvalue weighted by Crippen LogP contribution is -2.75. The molecule has 4 saturated heterocycles. The van der Waals surface area contributed by atoms with E-state index in [0.717, 1.165) is 16.6 Å². The molecule has 1 aromatic rings. The summed E-state index contributed by atoms with van der Waals surface area (Å²) in [5, 5.41) is 9.92. The predicted molar refractivity (Wildman–Crippen MR) is 175 cm³/mol. The Balaban J connectivity index is 1.82. The highest BCUT2D eigenvalue weighted by Gasteiger charge is 2.62. The van der Waals surface area contributed by atoms with Crippen molar-refractivity contribution in [2.75, 3.05) is 19.6 Å². The Hall–Kier alpha value is -3.64. The summed E-state index contributed by atoms with van der Waals surface area (Å²) in [5.41, 5.74) is -1.92. The van der Waals surface area contributed by atoms with Crippen molar-refractivity contribution < 1.29 is 30.2 Å². The first-order chi connectivity index (χ1) is 23.0. The van der Waals surface area contributed by atoms with Crippen molar-refractivity contribution in [2.24, 2.45) is 5.92 Å². The molecular weight excluding hydrogens is 600 g/mol. The lowest BCUT2D eigenvalue weighted by atomic mass is 9.75. The summed E-state index contributed by atoms with van der Waals surface area (Å²) in [6.07, 6.45) is 4.42. The van der Waals surface area contributed by atoms with E-state index in [1.54, 1.807) is 37.3 Å². The molecule has 0 radical (unpaired) electrons. The number of nitrogens with one attached hydrogen (secondary N) is 4. The molecule has 0 aliphatic carbocycles. The topological polar surface area (TPSA) is 157 Å². The van der Waals surface area contributed by atoms with Crippen LogP contribution in [0.1, 0.15) is 84.1 Å². The third kappa shape index (κ3) is 6.99. The molecule has 1 aromatic carbocycles. The Bertz CT molecular complexity index is 1390. The van der Waals surface area contributed by atoms with Crippen LogP contribution in [-0.4, -0.2) is 101 Å². The number of amides is 5. The van der Waals surface area contributed by atoms with E-state index in [2.05, 4.69) is 16.0 Å². The Morgan fingerprint density at radius 1 is 0.936 bits per heavy atom. The van der Waals surface area contributed by atoms with Gasteiger partial charge in [-0.05, 0) is 70.0 Å². The summed E-state index contributed by atoms with van der Waals surface area (Å²) >= 11 is 0. The van der Waals surface area contributed by atoms with E-state index in [9.17, 15) is 14.4 Å². The minimum atomic E-state index is -2.45. The highest BCUT2D eigenvalue weighted by molar-refractivity contribution is 6.21. The molecule has 12 heteroatoms. The van der Waals surface area contributed by atoms with Crippen molar-refractivity contribution in [3.05, 3.63) is 35.9 Å². The van der Waals surface area contributed by atoms with E-state index in [-0.39, 0.29) is 19.4 Å². The molecule has 4 aliphatic heterocycles. The third-order valence-electron chi connectivity index (χ3n) is 10.4. The zero-order chi connectivity index (χ0) is 34.6. The van der Waals surface area contributed by atoms with Crippen molar-refractivity contribution in [1.82, 2.24) is 31.1 Å². The largest absolute Gasteiger partial charge is 0.344 e. The number of hydrogen-bond acceptors (Lipinski definition) is 8. The number of Topliss-reactive ketones (excluding diaryl/α,β-unsaturated/α-hetero) is 1. The van der Waals surface area contributed by atoms with Crippen LogP contribution in [-0.2, 0) is 35.2 Å². The van der Waals surface area contributed by atoms with Crippen LogP contribution in [0, 0.1) is 5.92 Å². The predicted octanol–water partition coefficient (Wildman–Crippen LogP) is 1.22. The Kier molecular flexibility index (Phi) is 10.7. The second-order valence-corrected chi connectivity index (χ2v) is 13.6. The molecule has 4 aliphatic rings. The number of imide groups is 1. The number of carbonyl (C=O) groups excluding carboxylic acids is 6. The molecule has 0 unspecified atom stereocenters. The van der Waals surface area contributed by atoms with Gasteiger partial charge in [0.15, 0.2) is 11.3 Å². The fourth-order valence-corrected chi connectivity index (χ4v) is 7.42. The number of rotatable bonds is 7. The summed E-state index contributed by atoms with van der Waals surface area (Å²) < 4.78 is 8.71. The lowest BCUT2D eigenvalue weighted by Gasteiger charge is -2.47. The average Bonchev–Trinajstić information content (AvgIpc) is 3.60. The van der Waals surface area contributed by atoms with Gasteiger partial charge in [0.2, 0.25) is 23.6 Å². The molecule has 5 amide bonds. The Morgan fingerprint density at radius 2 is 1.62 bits per heavy atom. The van der Waals surface area contributed by atoms with Gasteiger partial charge in [-0.15, -0.1) is 0 Å². The molecule has 4 fully saturated rings. The number of carbonyl (C=O) groups is 6. The van der Waals surface area contributed by atoms with Gasteiger partial charge in [-0.3, -0.25) is 33.7 Å². The van der Waals surface area contributed by atoms with Crippen LogP contribution in [0.2, 0.25) is 1.41 Å². The minimum Gasteiger partial charge on any atom is -0.344 e. The van der Waals surface area contributed by atoms with Gasteiger partial charge >= 0.3 is 0 Å². The molecule has 7 atom stereocenters. The molecule has 4 heterocycles. The van der Waals surface area contributed by atoms with Gasteiger partial charge in [-0.2, -0.15) is 0 Å². The SMILES string of the molecule is [2H]N1CCCC[C@H]1C(=O)N(C(=O)[C@H]1CCCCN1)[C@]1(Cc2ccccc2)C(=O)[C@H]([C@@H](C)CC)NC(=O)[C@@H](C)NC(=O)[C@@H]2CCCN2C1=O. The minimum absolute atomic E-state index is 0.135. The Morgan fingerprint density at radius 3 is 2.30 bits per heavy atom. The fraction of sp³-hybridized carbons (Fsp3) is 0.657. The van der Waals surface area contributed by atoms with Crippen LogP contribution in [0.25, 0.3) is 0 Å². The van der Waals surface area contributed by atoms with E-state index in [1.165, 1.54) is 11.8 Å². The zero-order valence-corrected chi connectivity index (χ0v) is 27.8. The van der Waals surface area contributed by atoms with Gasteiger partial charge in [0.25, 0.3) is 5.91 Å². The highest BCUT2D eigenvalue weighted by Crippen LogP contribution is 2.35. The first-order valence-corrected chi connectivity index (χ1v) is 17.4. The maximum Gasteiger partial charge on any atom is 0.257 e. The van der Waals surface area contributed by atoms with Crippen molar-refractivity contribution >= 4 is 35.3 Å². The van der Waals surface area contributed by atoms with Gasteiger partial charge in [0, 0.05) is 13.0 Å². The van der Waals surface area contributed by atoms with Gasteiger partial charge in [-0.1, -0.05) is 63.4 Å². The quantitative estimate of drug-likeness (QED) is 0.253. The van der Waals surface area contributed by atoms with Crippen LogP contribution < -0.4 is 21.3 Å². The van der Waals surface area contributed by atoms with Crippen molar-refractivity contribution in [1.29, 1.82) is 0 Å². The molecule has 256 valence electrons. The second-order valence-electron chi connectivity index (χ2n) is 13.6. The van der Waals surface area contributed by atoms with E-state index >= 15 is 14.4 Å². The highest BCUT2D eigenvalue weighted by atomic mass is 16.2. The average molecular weight is 652 g/mol. The standard InChI is InChI=1S/C35H50N6O6/c1-4-22(2)28-29(42)35(21-24-13-6-5-7-14-24,34(47)40-20-12-17-27(40)31(44)38-23(3)30(43)39-28)41(32(45)25-15-8-10-18-36-25)33(46)26-16-9-11-19-37-26/h5-7,13-14,22-23,25-28,36-37H,4,8-12,15-21H2,1-3H3,(H,38,44)(H,39,43)/t22-,23+,25-,26+,27-,28-,35+/m0/s1/i/hD. The maximum absolute atomic E-state index is 15.6. The maximum atomic E-state index is 15.6. The van der Waals surface area contributed by atoms with E-state index in [0.29, 0.717) is 63.6 Å². The molecular formula is C35H50N6O6. The summed E-state index contributed by atoms with van der Waals surface area (Å²) in [5.74, 6) is -4.69. The number of ketones is 1. The first kappa shape index (κ1) is 33.3. The smallest absolute Gasteiger partial charge is 0.257 e. The molecule has 12 nitrogen and oxygen atoms in total. The molecule has 47 heavy (non-hydrogen) atoms. The molecule has 0 aromatic heterocycles. The number of piperidine rings is 2. The van der Waals surface area contributed by atoms with E-state index in [1.807, 2.05) is 6.92 Å². The molecule has 0 bridgehead atoms. The molecule has 0 spiro atoms. The van der Waals surface area contributed by atoms with Crippen molar-refractivity contribution in [3.63, 3.8) is 0 Å². The number of fused-ring (bicyclic) bond motifs is 1. The molecule has 4 N–H and O–H groups in total.